The summed E-state index contributed by atoms with van der Waals surface area (Å²) in [5.41, 5.74) is 4.51. The molecule has 0 amide bonds. The zero-order valence-corrected chi connectivity index (χ0v) is 10.7. The van der Waals surface area contributed by atoms with Crippen LogP contribution in [0, 0.1) is 0 Å². The van der Waals surface area contributed by atoms with Gasteiger partial charge in [-0.05, 0) is 41.5 Å². The molecule has 2 aliphatic rings. The van der Waals surface area contributed by atoms with Crippen LogP contribution in [0.5, 0.6) is 0 Å². The third kappa shape index (κ3) is 1.66. The van der Waals surface area contributed by atoms with Crippen LogP contribution in [0.15, 0.2) is 82.0 Å². The van der Waals surface area contributed by atoms with E-state index < -0.39 is 0 Å². The molecule has 0 spiro atoms. The first-order valence-corrected chi connectivity index (χ1v) is 6.53. The summed E-state index contributed by atoms with van der Waals surface area (Å²) < 4.78 is 11.1. The van der Waals surface area contributed by atoms with Crippen LogP contribution in [0.1, 0.15) is 0 Å². The molecule has 0 bridgehead atoms. The molecule has 0 unspecified atom stereocenters. The maximum atomic E-state index is 5.56. The Kier molecular flexibility index (Phi) is 2.46. The van der Waals surface area contributed by atoms with Crippen molar-refractivity contribution < 1.29 is 8.83 Å². The molecule has 0 fully saturated rings. The molecule has 2 aromatic heterocycles. The van der Waals surface area contributed by atoms with Crippen LogP contribution in [-0.4, -0.2) is 0 Å². The van der Waals surface area contributed by atoms with E-state index in [4.69, 9.17) is 8.83 Å². The summed E-state index contributed by atoms with van der Waals surface area (Å²) in [5.74, 6) is 1.75. The molecule has 0 aliphatic heterocycles. The smallest absolute Gasteiger partial charge is 0.134 e. The minimum absolute atomic E-state index is 0.874. The largest absolute Gasteiger partial charge is 0.464 e. The van der Waals surface area contributed by atoms with Crippen molar-refractivity contribution in [3.8, 4) is 33.8 Å². The second-order valence-electron chi connectivity index (χ2n) is 4.66. The molecule has 2 heteroatoms. The molecule has 0 saturated heterocycles. The summed E-state index contributed by atoms with van der Waals surface area (Å²) in [6, 6.07) is 20.2. The fourth-order valence-electron chi connectivity index (χ4n) is 2.59. The average molecular weight is 260 g/mol. The molecule has 0 aromatic carbocycles. The fourth-order valence-corrected chi connectivity index (χ4v) is 2.59. The highest BCUT2D eigenvalue weighted by Gasteiger charge is 2.19. The van der Waals surface area contributed by atoms with E-state index in [1.54, 1.807) is 12.5 Å². The quantitative estimate of drug-likeness (QED) is 0.488. The Bertz CT molecular complexity index is 729. The standard InChI is InChI=1S/C18H12O2/c1-2-6-13-14(7-3-1)16(18-9-5-11-20-18)12-15(13)17-8-4-10-19-17/h1-12H. The van der Waals surface area contributed by atoms with E-state index in [0.29, 0.717) is 0 Å². The van der Waals surface area contributed by atoms with Gasteiger partial charge in [-0.2, -0.15) is 0 Å². The molecular formula is C18H12O2. The van der Waals surface area contributed by atoms with Gasteiger partial charge in [0.15, 0.2) is 0 Å². The minimum Gasteiger partial charge on any atom is -0.464 e. The van der Waals surface area contributed by atoms with E-state index in [9.17, 15) is 0 Å². The van der Waals surface area contributed by atoms with E-state index in [-0.39, 0.29) is 0 Å². The van der Waals surface area contributed by atoms with E-state index >= 15 is 0 Å². The lowest BCUT2D eigenvalue weighted by molar-refractivity contribution is 0.581. The summed E-state index contributed by atoms with van der Waals surface area (Å²) in [7, 11) is 0. The highest BCUT2D eigenvalue weighted by molar-refractivity contribution is 5.95. The van der Waals surface area contributed by atoms with Crippen molar-refractivity contribution in [2.45, 2.75) is 0 Å². The monoisotopic (exact) mass is 260 g/mol. The van der Waals surface area contributed by atoms with Gasteiger partial charge in [-0.25, -0.2) is 0 Å². The predicted molar refractivity (Wildman–Crippen MR) is 78.5 cm³/mol. The highest BCUT2D eigenvalue weighted by Crippen LogP contribution is 2.43. The molecule has 0 atom stereocenters. The average Bonchev–Trinajstić information content (AvgIpc) is 3.16. The second-order valence-corrected chi connectivity index (χ2v) is 4.66. The third-order valence-corrected chi connectivity index (χ3v) is 3.48. The van der Waals surface area contributed by atoms with Crippen LogP contribution < -0.4 is 0 Å². The van der Waals surface area contributed by atoms with Crippen molar-refractivity contribution in [3.63, 3.8) is 0 Å². The second kappa shape index (κ2) is 4.42. The molecule has 4 rings (SSSR count). The molecule has 0 N–H and O–H groups in total. The van der Waals surface area contributed by atoms with Gasteiger partial charge < -0.3 is 8.83 Å². The summed E-state index contributed by atoms with van der Waals surface area (Å²) in [5, 5.41) is 0. The Hall–Kier alpha value is -2.74. The van der Waals surface area contributed by atoms with Crippen molar-refractivity contribution in [2.75, 3.05) is 0 Å². The Morgan fingerprint density at radius 1 is 0.500 bits per heavy atom. The number of rotatable bonds is 2. The number of fused-ring (bicyclic) bond motifs is 1. The van der Waals surface area contributed by atoms with E-state index in [2.05, 4.69) is 18.2 Å². The molecule has 20 heavy (non-hydrogen) atoms. The Balaban J connectivity index is 2.03. The summed E-state index contributed by atoms with van der Waals surface area (Å²) in [4.78, 5) is 0. The Morgan fingerprint density at radius 2 is 1.05 bits per heavy atom. The number of hydrogen-bond acceptors (Lipinski definition) is 2. The van der Waals surface area contributed by atoms with Crippen molar-refractivity contribution in [1.29, 1.82) is 0 Å². The normalized spacial score (nSPS) is 11.0. The van der Waals surface area contributed by atoms with Crippen molar-refractivity contribution in [2.24, 2.45) is 0 Å². The van der Waals surface area contributed by atoms with E-state index in [0.717, 1.165) is 33.8 Å². The lowest BCUT2D eigenvalue weighted by atomic mass is 10.1. The topological polar surface area (TPSA) is 26.3 Å². The first-order valence-electron chi connectivity index (χ1n) is 6.53. The van der Waals surface area contributed by atoms with Crippen molar-refractivity contribution in [1.82, 2.24) is 0 Å². The van der Waals surface area contributed by atoms with Crippen LogP contribution in [0.3, 0.4) is 0 Å². The SMILES string of the molecule is c1ccc2c(-c3ccco3)cc(-c3ccco3)c-2cc1. The number of furan rings is 2. The van der Waals surface area contributed by atoms with Crippen LogP contribution in [0.4, 0.5) is 0 Å². The first kappa shape index (κ1) is 11.1. The molecule has 2 aromatic rings. The minimum atomic E-state index is 0.874. The van der Waals surface area contributed by atoms with Gasteiger partial charge in [0.25, 0.3) is 0 Å². The van der Waals surface area contributed by atoms with Gasteiger partial charge >= 0.3 is 0 Å². The van der Waals surface area contributed by atoms with Gasteiger partial charge in [0.2, 0.25) is 0 Å². The first-order chi connectivity index (χ1) is 9.93. The van der Waals surface area contributed by atoms with Gasteiger partial charge in [0.05, 0.1) is 12.5 Å². The highest BCUT2D eigenvalue weighted by atomic mass is 16.3. The van der Waals surface area contributed by atoms with E-state index in [1.807, 2.05) is 42.5 Å². The zero-order valence-electron chi connectivity index (χ0n) is 10.7. The molecule has 0 radical (unpaired) electrons. The third-order valence-electron chi connectivity index (χ3n) is 3.48. The zero-order chi connectivity index (χ0) is 13.4. The van der Waals surface area contributed by atoms with Crippen LogP contribution in [0.2, 0.25) is 0 Å². The van der Waals surface area contributed by atoms with Crippen LogP contribution >= 0.6 is 0 Å². The van der Waals surface area contributed by atoms with Crippen LogP contribution in [-0.2, 0) is 0 Å². The predicted octanol–water partition coefficient (Wildman–Crippen LogP) is 5.31. The molecular weight excluding hydrogens is 248 g/mol. The summed E-state index contributed by atoms with van der Waals surface area (Å²) >= 11 is 0. The van der Waals surface area contributed by atoms with E-state index in [1.165, 1.54) is 0 Å². The fraction of sp³-hybridized carbons (Fsp3) is 0. The maximum Gasteiger partial charge on any atom is 0.134 e. The summed E-state index contributed by atoms with van der Waals surface area (Å²) in [6.45, 7) is 0. The van der Waals surface area contributed by atoms with Gasteiger partial charge in [-0.3, -0.25) is 0 Å². The van der Waals surface area contributed by atoms with Gasteiger partial charge in [-0.1, -0.05) is 30.3 Å². The molecule has 0 saturated carbocycles. The van der Waals surface area contributed by atoms with Crippen molar-refractivity contribution in [3.05, 3.63) is 73.2 Å². The summed E-state index contributed by atoms with van der Waals surface area (Å²) in [6.07, 6.45) is 3.40. The lowest BCUT2D eigenvalue weighted by Gasteiger charge is -1.99. The maximum absolute atomic E-state index is 5.56. The van der Waals surface area contributed by atoms with Gasteiger partial charge in [0.1, 0.15) is 11.5 Å². The van der Waals surface area contributed by atoms with Gasteiger partial charge in [0, 0.05) is 11.1 Å². The number of hydrogen-bond donors (Lipinski definition) is 0. The van der Waals surface area contributed by atoms with Crippen molar-refractivity contribution >= 4 is 0 Å². The lowest BCUT2D eigenvalue weighted by Crippen LogP contribution is -1.73. The Labute approximate surface area is 116 Å². The molecule has 2 aliphatic carbocycles. The van der Waals surface area contributed by atoms with Crippen LogP contribution in [0.25, 0.3) is 33.8 Å². The molecule has 96 valence electrons. The van der Waals surface area contributed by atoms with Gasteiger partial charge in [-0.15, -0.1) is 0 Å². The molecule has 2 nitrogen and oxygen atoms in total. The Morgan fingerprint density at radius 3 is 1.50 bits per heavy atom. The molecule has 2 heterocycles.